The summed E-state index contributed by atoms with van der Waals surface area (Å²) in [4.78, 5) is 2.69. The van der Waals surface area contributed by atoms with Gasteiger partial charge in [-0.2, -0.15) is 5.26 Å². The van der Waals surface area contributed by atoms with Gasteiger partial charge in [-0.05, 0) is 37.1 Å². The number of rotatable bonds is 5. The number of hydrogen-bond acceptors (Lipinski definition) is 3. The fourth-order valence-electron chi connectivity index (χ4n) is 2.48. The van der Waals surface area contributed by atoms with E-state index >= 15 is 0 Å². The van der Waals surface area contributed by atoms with Crippen molar-refractivity contribution in [1.29, 1.82) is 5.26 Å². The van der Waals surface area contributed by atoms with Gasteiger partial charge in [-0.15, -0.1) is 0 Å². The molecule has 1 aliphatic rings. The lowest BCUT2D eigenvalue weighted by molar-refractivity contribution is 0.339. The first-order chi connectivity index (χ1) is 8.17. The van der Waals surface area contributed by atoms with Gasteiger partial charge in [0, 0.05) is 18.0 Å². The average Bonchev–Trinajstić information content (AvgIpc) is 2.28. The van der Waals surface area contributed by atoms with E-state index in [1.54, 1.807) is 0 Å². The number of azide groups is 1. The SMILES string of the molecule is CC1=CC(C)CC(C(C#N)NCCN=[N+]=[N-])C1. The van der Waals surface area contributed by atoms with Crippen LogP contribution in [0.25, 0.3) is 10.4 Å². The van der Waals surface area contributed by atoms with E-state index < -0.39 is 0 Å². The number of allylic oxidation sites excluding steroid dienone is 2. The summed E-state index contributed by atoms with van der Waals surface area (Å²) in [5.41, 5.74) is 9.53. The van der Waals surface area contributed by atoms with Gasteiger partial charge in [0.05, 0.1) is 12.1 Å². The second-order valence-electron chi connectivity index (χ2n) is 4.71. The maximum atomic E-state index is 9.17. The molecule has 0 aliphatic heterocycles. The summed E-state index contributed by atoms with van der Waals surface area (Å²) in [5, 5.41) is 15.8. The fraction of sp³-hybridized carbons (Fsp3) is 0.750. The molecule has 17 heavy (non-hydrogen) atoms. The predicted molar refractivity (Wildman–Crippen MR) is 67.1 cm³/mol. The molecular formula is C12H19N5. The van der Waals surface area contributed by atoms with Crippen LogP contribution < -0.4 is 5.32 Å². The van der Waals surface area contributed by atoms with Crippen LogP contribution in [-0.2, 0) is 0 Å². The minimum atomic E-state index is -0.144. The molecule has 0 bridgehead atoms. The molecule has 0 aromatic carbocycles. The van der Waals surface area contributed by atoms with Crippen LogP contribution >= 0.6 is 0 Å². The Hall–Kier alpha value is -1.50. The highest BCUT2D eigenvalue weighted by Gasteiger charge is 2.25. The second kappa shape index (κ2) is 6.95. The molecule has 5 nitrogen and oxygen atoms in total. The van der Waals surface area contributed by atoms with Crippen LogP contribution in [-0.4, -0.2) is 19.1 Å². The Bertz CT molecular complexity index is 362. The lowest BCUT2D eigenvalue weighted by Gasteiger charge is -2.29. The van der Waals surface area contributed by atoms with E-state index in [0.29, 0.717) is 24.9 Å². The summed E-state index contributed by atoms with van der Waals surface area (Å²) < 4.78 is 0. The van der Waals surface area contributed by atoms with Crippen LogP contribution in [0.3, 0.4) is 0 Å². The van der Waals surface area contributed by atoms with Crippen molar-refractivity contribution >= 4 is 0 Å². The second-order valence-corrected chi connectivity index (χ2v) is 4.71. The van der Waals surface area contributed by atoms with Gasteiger partial charge in [0.25, 0.3) is 0 Å². The third kappa shape index (κ3) is 4.48. The van der Waals surface area contributed by atoms with E-state index in [1.807, 2.05) is 0 Å². The summed E-state index contributed by atoms with van der Waals surface area (Å²) in [7, 11) is 0. The third-order valence-electron chi connectivity index (χ3n) is 3.08. The van der Waals surface area contributed by atoms with Crippen LogP contribution in [0, 0.1) is 23.2 Å². The highest BCUT2D eigenvalue weighted by molar-refractivity contribution is 5.10. The molecule has 1 N–H and O–H groups in total. The normalized spacial score (nSPS) is 25.4. The molecule has 3 atom stereocenters. The molecule has 3 unspecified atom stereocenters. The van der Waals surface area contributed by atoms with Crippen molar-refractivity contribution in [1.82, 2.24) is 5.32 Å². The maximum Gasteiger partial charge on any atom is 0.0984 e. The minimum absolute atomic E-state index is 0.144. The third-order valence-corrected chi connectivity index (χ3v) is 3.08. The summed E-state index contributed by atoms with van der Waals surface area (Å²) in [6.45, 7) is 5.27. The molecule has 0 fully saturated rings. The van der Waals surface area contributed by atoms with E-state index in [9.17, 15) is 5.26 Å². The van der Waals surface area contributed by atoms with E-state index in [1.165, 1.54) is 5.57 Å². The Balaban J connectivity index is 2.48. The topological polar surface area (TPSA) is 84.6 Å². The molecule has 1 aliphatic carbocycles. The van der Waals surface area contributed by atoms with E-state index in [0.717, 1.165) is 12.8 Å². The van der Waals surface area contributed by atoms with E-state index in [4.69, 9.17) is 5.53 Å². The number of nitrogens with zero attached hydrogens (tertiary/aromatic N) is 4. The van der Waals surface area contributed by atoms with Crippen LogP contribution in [0.4, 0.5) is 0 Å². The van der Waals surface area contributed by atoms with Crippen molar-refractivity contribution in [3.63, 3.8) is 0 Å². The molecular weight excluding hydrogens is 214 g/mol. The quantitative estimate of drug-likeness (QED) is 0.260. The standard InChI is InChI=1S/C12H19N5/c1-9-5-10(2)7-11(6-9)12(8-13)15-3-4-16-17-14/h5,9,11-12,15H,3-4,6-7H2,1-2H3. The van der Waals surface area contributed by atoms with Crippen LogP contribution in [0.15, 0.2) is 16.8 Å². The summed E-state index contributed by atoms with van der Waals surface area (Å²) in [6.07, 6.45) is 4.31. The Morgan fingerprint density at radius 2 is 2.53 bits per heavy atom. The van der Waals surface area contributed by atoms with Crippen LogP contribution in [0.5, 0.6) is 0 Å². The first-order valence-corrected chi connectivity index (χ1v) is 5.98. The van der Waals surface area contributed by atoms with Gasteiger partial charge >= 0.3 is 0 Å². The van der Waals surface area contributed by atoms with Gasteiger partial charge in [0.2, 0.25) is 0 Å². The Kier molecular flexibility index (Phi) is 5.55. The molecule has 0 saturated heterocycles. The molecule has 0 aromatic heterocycles. The van der Waals surface area contributed by atoms with Crippen molar-refractivity contribution in [2.75, 3.05) is 13.1 Å². The largest absolute Gasteiger partial charge is 0.302 e. The first-order valence-electron chi connectivity index (χ1n) is 5.98. The average molecular weight is 233 g/mol. The van der Waals surface area contributed by atoms with E-state index in [-0.39, 0.29) is 6.04 Å². The molecule has 1 rings (SSSR count). The van der Waals surface area contributed by atoms with Crippen LogP contribution in [0.1, 0.15) is 26.7 Å². The summed E-state index contributed by atoms with van der Waals surface area (Å²) in [5.74, 6) is 0.912. The zero-order valence-electron chi connectivity index (χ0n) is 10.4. The van der Waals surface area contributed by atoms with Gasteiger partial charge in [0.15, 0.2) is 0 Å². The number of nitrogens with one attached hydrogen (secondary N) is 1. The predicted octanol–water partition coefficient (Wildman–Crippen LogP) is 2.77. The van der Waals surface area contributed by atoms with Crippen molar-refractivity contribution in [3.8, 4) is 6.07 Å². The molecule has 0 radical (unpaired) electrons. The Labute approximate surface area is 102 Å². The number of hydrogen-bond donors (Lipinski definition) is 1. The monoisotopic (exact) mass is 233 g/mol. The molecule has 0 heterocycles. The molecule has 92 valence electrons. The van der Waals surface area contributed by atoms with Gasteiger partial charge in [-0.25, -0.2) is 0 Å². The Morgan fingerprint density at radius 3 is 3.12 bits per heavy atom. The molecule has 0 amide bonds. The maximum absolute atomic E-state index is 9.17. The smallest absolute Gasteiger partial charge is 0.0984 e. The van der Waals surface area contributed by atoms with Crippen molar-refractivity contribution in [2.45, 2.75) is 32.7 Å². The highest BCUT2D eigenvalue weighted by Crippen LogP contribution is 2.29. The molecule has 0 aromatic rings. The van der Waals surface area contributed by atoms with Crippen molar-refractivity contribution < 1.29 is 0 Å². The zero-order chi connectivity index (χ0) is 12.7. The summed E-state index contributed by atoms with van der Waals surface area (Å²) in [6, 6.07) is 2.17. The summed E-state index contributed by atoms with van der Waals surface area (Å²) >= 11 is 0. The van der Waals surface area contributed by atoms with Crippen molar-refractivity contribution in [3.05, 3.63) is 22.1 Å². The molecule has 0 saturated carbocycles. The van der Waals surface area contributed by atoms with E-state index in [2.05, 4.69) is 41.3 Å². The lowest BCUT2D eigenvalue weighted by Crippen LogP contribution is -2.38. The molecule has 0 spiro atoms. The molecule has 5 heteroatoms. The van der Waals surface area contributed by atoms with Gasteiger partial charge in [0.1, 0.15) is 0 Å². The lowest BCUT2D eigenvalue weighted by atomic mass is 9.80. The fourth-order valence-corrected chi connectivity index (χ4v) is 2.48. The number of nitriles is 1. The van der Waals surface area contributed by atoms with Gasteiger partial charge < -0.3 is 5.32 Å². The minimum Gasteiger partial charge on any atom is -0.302 e. The van der Waals surface area contributed by atoms with Gasteiger partial charge in [-0.3, -0.25) is 0 Å². The van der Waals surface area contributed by atoms with Crippen LogP contribution in [0.2, 0.25) is 0 Å². The zero-order valence-corrected chi connectivity index (χ0v) is 10.4. The van der Waals surface area contributed by atoms with Gasteiger partial charge in [-0.1, -0.05) is 23.7 Å². The van der Waals surface area contributed by atoms with Crippen molar-refractivity contribution in [2.24, 2.45) is 17.0 Å². The Morgan fingerprint density at radius 1 is 1.76 bits per heavy atom. The highest BCUT2D eigenvalue weighted by atomic mass is 15.1. The first kappa shape index (κ1) is 13.6.